The lowest BCUT2D eigenvalue weighted by Gasteiger charge is -2.32. The van der Waals surface area contributed by atoms with E-state index in [1.807, 2.05) is 0 Å². The molecule has 0 aromatic heterocycles. The molecule has 0 bridgehead atoms. The number of amides is 1. The molecule has 10 heteroatoms. The fraction of sp³-hybridized carbons (Fsp3) is 0.364. The number of hydrogen-bond donors (Lipinski definition) is 1. The van der Waals surface area contributed by atoms with Crippen molar-refractivity contribution >= 4 is 33.5 Å². The molecule has 0 saturated carbocycles. The predicted molar refractivity (Wildman–Crippen MR) is 117 cm³/mol. The maximum atomic E-state index is 13.3. The number of sulfonamides is 1. The lowest BCUT2D eigenvalue weighted by molar-refractivity contribution is -0.141. The number of carbonyl (C=O) groups excluding carboxylic acids is 2. The summed E-state index contributed by atoms with van der Waals surface area (Å²) in [5, 5.41) is 3.23. The quantitative estimate of drug-likeness (QED) is 0.611. The van der Waals surface area contributed by atoms with Crippen LogP contribution in [-0.2, 0) is 24.3 Å². The van der Waals surface area contributed by atoms with Crippen molar-refractivity contribution in [3.8, 4) is 0 Å². The first-order chi connectivity index (χ1) is 15.2. The van der Waals surface area contributed by atoms with Gasteiger partial charge in [0.05, 0.1) is 30.4 Å². The Morgan fingerprint density at radius 1 is 1.19 bits per heavy atom. The van der Waals surface area contributed by atoms with E-state index in [9.17, 15) is 22.4 Å². The van der Waals surface area contributed by atoms with E-state index in [2.05, 4.69) is 5.32 Å². The number of methoxy groups -OCH3 is 1. The number of rotatable bonds is 7. The molecule has 2 aromatic carbocycles. The highest BCUT2D eigenvalue weighted by Crippen LogP contribution is 2.26. The Balaban J connectivity index is 1.74. The van der Waals surface area contributed by atoms with Crippen molar-refractivity contribution in [2.75, 3.05) is 20.2 Å². The fourth-order valence-electron chi connectivity index (χ4n) is 3.62. The Hall–Kier alpha value is -2.49. The van der Waals surface area contributed by atoms with Crippen LogP contribution >= 0.6 is 11.6 Å². The lowest BCUT2D eigenvalue weighted by atomic mass is 9.97. The van der Waals surface area contributed by atoms with Gasteiger partial charge in [-0.25, -0.2) is 12.8 Å². The molecular weight excluding hydrogens is 459 g/mol. The number of carbonyl (C=O) groups is 2. The van der Waals surface area contributed by atoms with E-state index in [0.717, 1.165) is 0 Å². The van der Waals surface area contributed by atoms with Crippen LogP contribution in [0, 0.1) is 11.7 Å². The number of ether oxygens (including phenoxy) is 1. The van der Waals surface area contributed by atoms with Crippen molar-refractivity contribution in [1.82, 2.24) is 9.62 Å². The minimum Gasteiger partial charge on any atom is -0.469 e. The highest BCUT2D eigenvalue weighted by molar-refractivity contribution is 7.89. The van der Waals surface area contributed by atoms with Crippen LogP contribution in [0.1, 0.15) is 30.9 Å². The maximum absolute atomic E-state index is 13.3. The zero-order chi connectivity index (χ0) is 23.3. The second-order valence-electron chi connectivity index (χ2n) is 7.55. The van der Waals surface area contributed by atoms with Gasteiger partial charge in [-0.05, 0) is 54.8 Å². The molecule has 1 aliphatic rings. The van der Waals surface area contributed by atoms with Crippen LogP contribution in [0.5, 0.6) is 0 Å². The van der Waals surface area contributed by atoms with E-state index in [0.29, 0.717) is 30.0 Å². The van der Waals surface area contributed by atoms with E-state index in [1.165, 1.54) is 59.9 Å². The van der Waals surface area contributed by atoms with E-state index >= 15 is 0 Å². The summed E-state index contributed by atoms with van der Waals surface area (Å²) in [6.45, 7) is 0.323. The highest BCUT2D eigenvalue weighted by atomic mass is 35.5. The number of halogens is 2. The summed E-state index contributed by atoms with van der Waals surface area (Å²) in [5.74, 6) is -1.94. The monoisotopic (exact) mass is 482 g/mol. The van der Waals surface area contributed by atoms with Crippen molar-refractivity contribution in [2.24, 2.45) is 5.92 Å². The molecule has 172 valence electrons. The van der Waals surface area contributed by atoms with Crippen LogP contribution in [0.4, 0.5) is 4.39 Å². The van der Waals surface area contributed by atoms with Crippen molar-refractivity contribution in [3.05, 3.63) is 64.9 Å². The van der Waals surface area contributed by atoms with Crippen molar-refractivity contribution in [1.29, 1.82) is 0 Å². The number of piperidine rings is 1. The molecule has 1 N–H and O–H groups in total. The Morgan fingerprint density at radius 3 is 2.47 bits per heavy atom. The van der Waals surface area contributed by atoms with Gasteiger partial charge in [-0.15, -0.1) is 0 Å². The third kappa shape index (κ3) is 5.85. The molecule has 1 saturated heterocycles. The van der Waals surface area contributed by atoms with Gasteiger partial charge in [0.15, 0.2) is 0 Å². The number of benzene rings is 2. The first-order valence-corrected chi connectivity index (χ1v) is 11.9. The summed E-state index contributed by atoms with van der Waals surface area (Å²) in [6.07, 6.45) is 0.892. The summed E-state index contributed by atoms with van der Waals surface area (Å²) >= 11 is 5.85. The van der Waals surface area contributed by atoms with E-state index in [-0.39, 0.29) is 23.8 Å². The molecule has 32 heavy (non-hydrogen) atoms. The SMILES string of the molecule is COC(=O)CC(NC(=O)C1CCCN(S(=O)(=O)c2ccc(Cl)cc2)C1)c1ccc(F)cc1. The number of hydrogen-bond acceptors (Lipinski definition) is 5. The molecule has 1 amide bonds. The second-order valence-corrected chi connectivity index (χ2v) is 9.92. The third-order valence-corrected chi connectivity index (χ3v) is 7.52. The van der Waals surface area contributed by atoms with Gasteiger partial charge in [-0.2, -0.15) is 4.31 Å². The molecule has 0 spiro atoms. The van der Waals surface area contributed by atoms with Crippen LogP contribution < -0.4 is 5.32 Å². The van der Waals surface area contributed by atoms with Gasteiger partial charge in [-0.3, -0.25) is 9.59 Å². The summed E-state index contributed by atoms with van der Waals surface area (Å²) in [7, 11) is -2.53. The first kappa shape index (κ1) is 24.2. The van der Waals surface area contributed by atoms with Gasteiger partial charge in [0.25, 0.3) is 0 Å². The Bertz CT molecular complexity index is 1060. The topological polar surface area (TPSA) is 92.8 Å². The van der Waals surface area contributed by atoms with Crippen LogP contribution in [0.2, 0.25) is 5.02 Å². The summed E-state index contributed by atoms with van der Waals surface area (Å²) < 4.78 is 45.3. The zero-order valence-corrected chi connectivity index (χ0v) is 19.0. The molecule has 1 aliphatic heterocycles. The summed E-state index contributed by atoms with van der Waals surface area (Å²) in [5.41, 5.74) is 0.548. The van der Waals surface area contributed by atoms with Gasteiger partial charge in [0.2, 0.25) is 15.9 Å². The Labute approximate surface area is 191 Å². The second kappa shape index (κ2) is 10.4. The Kier molecular flexibility index (Phi) is 7.86. The molecular formula is C22H24ClFN2O5S. The first-order valence-electron chi connectivity index (χ1n) is 10.1. The van der Waals surface area contributed by atoms with E-state index < -0.39 is 33.8 Å². The maximum Gasteiger partial charge on any atom is 0.307 e. The van der Waals surface area contributed by atoms with Crippen molar-refractivity contribution in [3.63, 3.8) is 0 Å². The standard InChI is InChI=1S/C22H24ClFN2O5S/c1-31-21(27)13-20(15-4-8-18(24)9-5-15)25-22(28)16-3-2-12-26(14-16)32(29,30)19-10-6-17(23)7-11-19/h4-11,16,20H,2-3,12-14H2,1H3,(H,25,28). The highest BCUT2D eigenvalue weighted by Gasteiger charge is 2.34. The third-order valence-electron chi connectivity index (χ3n) is 5.39. The molecule has 2 atom stereocenters. The summed E-state index contributed by atoms with van der Waals surface area (Å²) in [6, 6.07) is 10.6. The molecule has 3 rings (SSSR count). The van der Waals surface area contributed by atoms with Crippen LogP contribution in [-0.4, -0.2) is 44.8 Å². The molecule has 2 unspecified atom stereocenters. The lowest BCUT2D eigenvalue weighted by Crippen LogP contribution is -2.46. The molecule has 2 aromatic rings. The normalized spacial score (nSPS) is 18.0. The van der Waals surface area contributed by atoms with Gasteiger partial charge in [0, 0.05) is 18.1 Å². The smallest absolute Gasteiger partial charge is 0.307 e. The zero-order valence-electron chi connectivity index (χ0n) is 17.5. The fourth-order valence-corrected chi connectivity index (χ4v) is 5.27. The predicted octanol–water partition coefficient (Wildman–Crippen LogP) is 3.30. The van der Waals surface area contributed by atoms with Gasteiger partial charge in [0.1, 0.15) is 5.82 Å². The van der Waals surface area contributed by atoms with Crippen LogP contribution in [0.3, 0.4) is 0 Å². The van der Waals surface area contributed by atoms with Crippen molar-refractivity contribution < 1.29 is 27.1 Å². The molecule has 1 heterocycles. The number of nitrogens with one attached hydrogen (secondary N) is 1. The van der Waals surface area contributed by atoms with Crippen molar-refractivity contribution in [2.45, 2.75) is 30.2 Å². The molecule has 7 nitrogen and oxygen atoms in total. The van der Waals surface area contributed by atoms with E-state index in [4.69, 9.17) is 16.3 Å². The molecule has 0 radical (unpaired) electrons. The molecule has 0 aliphatic carbocycles. The average Bonchev–Trinajstić information content (AvgIpc) is 2.79. The molecule has 1 fully saturated rings. The number of esters is 1. The summed E-state index contributed by atoms with van der Waals surface area (Å²) in [4.78, 5) is 24.9. The minimum absolute atomic E-state index is 0.0190. The largest absolute Gasteiger partial charge is 0.469 e. The van der Waals surface area contributed by atoms with Crippen LogP contribution in [0.25, 0.3) is 0 Å². The Morgan fingerprint density at radius 2 is 1.84 bits per heavy atom. The van der Waals surface area contributed by atoms with E-state index in [1.54, 1.807) is 0 Å². The van der Waals surface area contributed by atoms with Gasteiger partial charge in [-0.1, -0.05) is 23.7 Å². The van der Waals surface area contributed by atoms with Gasteiger partial charge < -0.3 is 10.1 Å². The van der Waals surface area contributed by atoms with Crippen LogP contribution in [0.15, 0.2) is 53.4 Å². The average molecular weight is 483 g/mol. The number of nitrogens with zero attached hydrogens (tertiary/aromatic N) is 1. The minimum atomic E-state index is -3.77. The van der Waals surface area contributed by atoms with Gasteiger partial charge >= 0.3 is 5.97 Å².